The first-order valence-corrected chi connectivity index (χ1v) is 10.5. The normalized spacial score (nSPS) is 19.6. The van der Waals surface area contributed by atoms with Gasteiger partial charge in [-0.1, -0.05) is 12.1 Å². The molecule has 1 aromatic carbocycles. The zero-order chi connectivity index (χ0) is 22.4. The minimum Gasteiger partial charge on any atom is -0.342 e. The van der Waals surface area contributed by atoms with E-state index < -0.39 is 16.2 Å². The van der Waals surface area contributed by atoms with Crippen LogP contribution in [-0.4, -0.2) is 43.4 Å². The smallest absolute Gasteiger partial charge is 0.334 e. The largest absolute Gasteiger partial charge is 0.342 e. The molecular weight excluding hydrogens is 414 g/mol. The van der Waals surface area contributed by atoms with Crippen LogP contribution in [-0.2, 0) is 17.8 Å². The number of rotatable bonds is 4. The third kappa shape index (κ3) is 3.47. The fourth-order valence-electron chi connectivity index (χ4n) is 4.91. The number of amides is 1. The molecule has 2 bridgehead atoms. The van der Waals surface area contributed by atoms with E-state index in [0.717, 1.165) is 12.1 Å². The molecule has 2 atom stereocenters. The first kappa shape index (κ1) is 20.1. The second-order valence-electron chi connectivity index (χ2n) is 8.44. The summed E-state index contributed by atoms with van der Waals surface area (Å²) in [6, 6.07) is 9.97. The Balaban J connectivity index is 1.31. The monoisotopic (exact) mass is 435 g/mol. The number of aromatic nitrogens is 3. The molecule has 0 unspecified atom stereocenters. The molecule has 2 aliphatic heterocycles. The number of hydrogen-bond donors (Lipinski definition) is 1. The topological polar surface area (TPSA) is 131 Å². The number of aromatic amines is 1. The third-order valence-electron chi connectivity index (χ3n) is 6.37. The molecule has 0 spiro atoms. The maximum atomic E-state index is 12.9. The molecule has 4 heterocycles. The molecule has 2 aliphatic rings. The molecule has 3 aromatic rings. The molecule has 5 rings (SSSR count). The van der Waals surface area contributed by atoms with Crippen molar-refractivity contribution in [1.82, 2.24) is 19.4 Å². The van der Waals surface area contributed by atoms with Crippen LogP contribution in [0, 0.1) is 16.0 Å². The van der Waals surface area contributed by atoms with E-state index in [0.29, 0.717) is 42.8 Å². The van der Waals surface area contributed by atoms with E-state index in [4.69, 9.17) is 0 Å². The van der Waals surface area contributed by atoms with Gasteiger partial charge in [-0.15, -0.1) is 0 Å². The standard InChI is InChI=1S/C22H21N5O5/c28-20(8-7-19-23-16-4-2-1-3-15(16)21(29)24-19)25-10-13-9-14(12-25)17-5-6-18(27(31)32)22(30)26(17)11-13/h1-6,13-14H,7-12H2,(H,23,24,29)/t13-,14-/m0/s1. The van der Waals surface area contributed by atoms with Gasteiger partial charge in [0.15, 0.2) is 0 Å². The van der Waals surface area contributed by atoms with Gasteiger partial charge in [-0.25, -0.2) is 4.98 Å². The summed E-state index contributed by atoms with van der Waals surface area (Å²) in [6.45, 7) is 1.34. The molecule has 1 fully saturated rings. The van der Waals surface area contributed by atoms with Crippen molar-refractivity contribution in [3.63, 3.8) is 0 Å². The highest BCUT2D eigenvalue weighted by Crippen LogP contribution is 2.35. The van der Waals surface area contributed by atoms with Gasteiger partial charge < -0.3 is 14.5 Å². The summed E-state index contributed by atoms with van der Waals surface area (Å²) in [5.74, 6) is 0.485. The maximum Gasteiger partial charge on any atom is 0.334 e. The predicted molar refractivity (Wildman–Crippen MR) is 115 cm³/mol. The quantitative estimate of drug-likeness (QED) is 0.489. The van der Waals surface area contributed by atoms with Crippen LogP contribution < -0.4 is 11.1 Å². The molecule has 0 radical (unpaired) electrons. The number of piperidine rings is 1. The Bertz CT molecular complexity index is 1360. The first-order chi connectivity index (χ1) is 15.4. The van der Waals surface area contributed by atoms with Crippen molar-refractivity contribution in [3.8, 4) is 0 Å². The van der Waals surface area contributed by atoms with Crippen molar-refractivity contribution < 1.29 is 9.72 Å². The number of aryl methyl sites for hydroxylation is 1. The van der Waals surface area contributed by atoms with Crippen molar-refractivity contribution in [3.05, 3.63) is 78.7 Å². The number of para-hydroxylation sites is 1. The van der Waals surface area contributed by atoms with E-state index in [-0.39, 0.29) is 29.7 Å². The molecular formula is C22H21N5O5. The van der Waals surface area contributed by atoms with Gasteiger partial charge in [0.05, 0.1) is 15.8 Å². The lowest BCUT2D eigenvalue weighted by Crippen LogP contribution is -2.49. The number of hydrogen-bond acceptors (Lipinski definition) is 6. The number of carbonyl (C=O) groups excluding carboxylic acids is 1. The van der Waals surface area contributed by atoms with E-state index in [2.05, 4.69) is 9.97 Å². The van der Waals surface area contributed by atoms with E-state index in [1.807, 2.05) is 6.07 Å². The van der Waals surface area contributed by atoms with Crippen molar-refractivity contribution in [2.45, 2.75) is 31.7 Å². The van der Waals surface area contributed by atoms with Gasteiger partial charge >= 0.3 is 11.2 Å². The summed E-state index contributed by atoms with van der Waals surface area (Å²) in [5, 5.41) is 11.6. The molecule has 0 saturated carbocycles. The van der Waals surface area contributed by atoms with Crippen molar-refractivity contribution in [2.24, 2.45) is 5.92 Å². The Kier molecular flexibility index (Phi) is 4.84. The Morgan fingerprint density at radius 3 is 2.78 bits per heavy atom. The maximum absolute atomic E-state index is 12.9. The van der Waals surface area contributed by atoms with Crippen LogP contribution in [0.25, 0.3) is 10.9 Å². The van der Waals surface area contributed by atoms with E-state index >= 15 is 0 Å². The Morgan fingerprint density at radius 1 is 1.16 bits per heavy atom. The molecule has 1 amide bonds. The Hall–Kier alpha value is -3.82. The number of pyridine rings is 1. The SMILES string of the molecule is O=C(CCc1nc2ccccc2c(=O)[nH]1)N1C[C@@H]2C[C@@H](C1)c1ccc([N+](=O)[O-])c(=O)n1C2. The van der Waals surface area contributed by atoms with Crippen LogP contribution in [0.4, 0.5) is 5.69 Å². The van der Waals surface area contributed by atoms with E-state index in [1.54, 1.807) is 29.2 Å². The molecule has 1 saturated heterocycles. The lowest BCUT2D eigenvalue weighted by molar-refractivity contribution is -0.386. The van der Waals surface area contributed by atoms with Crippen LogP contribution in [0.1, 0.15) is 30.3 Å². The molecule has 164 valence electrons. The van der Waals surface area contributed by atoms with Gasteiger partial charge in [0.2, 0.25) is 5.91 Å². The Morgan fingerprint density at radius 2 is 1.97 bits per heavy atom. The van der Waals surface area contributed by atoms with Gasteiger partial charge in [0, 0.05) is 50.2 Å². The number of H-pyrrole nitrogens is 1. The number of fused-ring (bicyclic) bond motifs is 5. The summed E-state index contributed by atoms with van der Waals surface area (Å²) in [7, 11) is 0. The molecule has 10 nitrogen and oxygen atoms in total. The second-order valence-corrected chi connectivity index (χ2v) is 8.44. The van der Waals surface area contributed by atoms with Gasteiger partial charge in [-0.05, 0) is 30.5 Å². The fourth-order valence-corrected chi connectivity index (χ4v) is 4.91. The zero-order valence-electron chi connectivity index (χ0n) is 17.2. The van der Waals surface area contributed by atoms with E-state index in [1.165, 1.54) is 10.6 Å². The second kappa shape index (κ2) is 7.70. The minimum absolute atomic E-state index is 0.0291. The summed E-state index contributed by atoms with van der Waals surface area (Å²) in [4.78, 5) is 57.1. The molecule has 32 heavy (non-hydrogen) atoms. The lowest BCUT2D eigenvalue weighted by atomic mass is 9.83. The van der Waals surface area contributed by atoms with Crippen LogP contribution in [0.3, 0.4) is 0 Å². The number of nitrogens with zero attached hydrogens (tertiary/aromatic N) is 4. The average Bonchev–Trinajstić information content (AvgIpc) is 2.78. The van der Waals surface area contributed by atoms with Gasteiger partial charge in [-0.2, -0.15) is 0 Å². The van der Waals surface area contributed by atoms with Crippen LogP contribution >= 0.6 is 0 Å². The van der Waals surface area contributed by atoms with E-state index in [9.17, 15) is 24.5 Å². The highest BCUT2D eigenvalue weighted by Gasteiger charge is 2.37. The minimum atomic E-state index is -0.652. The highest BCUT2D eigenvalue weighted by molar-refractivity contribution is 5.78. The first-order valence-electron chi connectivity index (χ1n) is 10.5. The van der Waals surface area contributed by atoms with Crippen LogP contribution in [0.15, 0.2) is 46.0 Å². The van der Waals surface area contributed by atoms with Crippen molar-refractivity contribution in [2.75, 3.05) is 13.1 Å². The number of nitro groups is 1. The summed E-state index contributed by atoms with van der Waals surface area (Å²) in [6.07, 6.45) is 1.39. The number of nitrogens with one attached hydrogen (secondary N) is 1. The van der Waals surface area contributed by atoms with Gasteiger partial charge in [-0.3, -0.25) is 24.5 Å². The number of likely N-dealkylation sites (tertiary alicyclic amines) is 1. The zero-order valence-corrected chi connectivity index (χ0v) is 17.2. The summed E-state index contributed by atoms with van der Waals surface area (Å²) >= 11 is 0. The van der Waals surface area contributed by atoms with Gasteiger partial charge in [0.25, 0.3) is 5.56 Å². The lowest BCUT2D eigenvalue weighted by Gasteiger charge is -2.42. The van der Waals surface area contributed by atoms with Gasteiger partial charge in [0.1, 0.15) is 5.82 Å². The molecule has 10 heteroatoms. The summed E-state index contributed by atoms with van der Waals surface area (Å²) < 4.78 is 1.50. The number of benzene rings is 1. The van der Waals surface area contributed by atoms with Crippen molar-refractivity contribution in [1.29, 1.82) is 0 Å². The average molecular weight is 435 g/mol. The van der Waals surface area contributed by atoms with Crippen LogP contribution in [0.2, 0.25) is 0 Å². The fraction of sp³-hybridized carbons (Fsp3) is 0.364. The van der Waals surface area contributed by atoms with Crippen LogP contribution in [0.5, 0.6) is 0 Å². The molecule has 1 N–H and O–H groups in total. The Labute approximate surface area is 181 Å². The van der Waals surface area contributed by atoms with Crippen molar-refractivity contribution >= 4 is 22.5 Å². The third-order valence-corrected chi connectivity index (χ3v) is 6.37. The highest BCUT2D eigenvalue weighted by atomic mass is 16.6. The molecule has 0 aliphatic carbocycles. The summed E-state index contributed by atoms with van der Waals surface area (Å²) in [5.41, 5.74) is 0.130. The molecule has 2 aromatic heterocycles. The predicted octanol–water partition coefficient (Wildman–Crippen LogP) is 1.57. The number of carbonyl (C=O) groups is 1.